The Hall–Kier alpha value is -2.43. The van der Waals surface area contributed by atoms with Crippen LogP contribution < -0.4 is 10.6 Å². The lowest BCUT2D eigenvalue weighted by atomic mass is 10.3. The maximum atomic E-state index is 12.0. The Kier molecular flexibility index (Phi) is 4.65. The van der Waals surface area contributed by atoms with E-state index in [1.807, 2.05) is 25.1 Å². The Morgan fingerprint density at radius 3 is 2.45 bits per heavy atom. The van der Waals surface area contributed by atoms with Crippen molar-refractivity contribution in [1.82, 2.24) is 9.97 Å². The molecule has 0 aliphatic heterocycles. The molecule has 0 radical (unpaired) electrons. The van der Waals surface area contributed by atoms with E-state index in [2.05, 4.69) is 27.5 Å². The fraction of sp³-hybridized carbons (Fsp3) is 0.267. The van der Waals surface area contributed by atoms with Crippen LogP contribution in [-0.4, -0.2) is 22.4 Å². The molecule has 2 aromatic heterocycles. The molecule has 1 amide bonds. The minimum Gasteiger partial charge on any atom is -0.384 e. The number of pyridine rings is 2. The van der Waals surface area contributed by atoms with Gasteiger partial charge < -0.3 is 10.6 Å². The van der Waals surface area contributed by atoms with E-state index in [4.69, 9.17) is 0 Å². The van der Waals surface area contributed by atoms with Crippen LogP contribution in [-0.2, 0) is 0 Å². The zero-order valence-electron chi connectivity index (χ0n) is 11.7. The second-order valence-corrected chi connectivity index (χ2v) is 4.50. The first-order valence-electron chi connectivity index (χ1n) is 6.63. The van der Waals surface area contributed by atoms with Crippen molar-refractivity contribution in [3.05, 3.63) is 48.0 Å². The quantitative estimate of drug-likeness (QED) is 0.876. The summed E-state index contributed by atoms with van der Waals surface area (Å²) in [6.07, 6.45) is 4.34. The molecule has 0 spiro atoms. The van der Waals surface area contributed by atoms with Crippen LogP contribution in [0.5, 0.6) is 0 Å². The van der Waals surface area contributed by atoms with Crippen molar-refractivity contribution in [2.24, 2.45) is 0 Å². The molecule has 2 rings (SSSR count). The van der Waals surface area contributed by atoms with E-state index >= 15 is 0 Å². The summed E-state index contributed by atoms with van der Waals surface area (Å²) in [6, 6.07) is 7.22. The van der Waals surface area contributed by atoms with Crippen LogP contribution in [0.2, 0.25) is 0 Å². The third kappa shape index (κ3) is 3.78. The Morgan fingerprint density at radius 2 is 1.85 bits per heavy atom. The molecule has 0 bridgehead atoms. The average Bonchev–Trinajstić information content (AvgIpc) is 2.48. The van der Waals surface area contributed by atoms with E-state index in [1.165, 1.54) is 0 Å². The van der Waals surface area contributed by atoms with Gasteiger partial charge in [-0.1, -0.05) is 6.92 Å². The van der Waals surface area contributed by atoms with Gasteiger partial charge in [0.1, 0.15) is 5.69 Å². The zero-order chi connectivity index (χ0) is 14.4. The smallest absolute Gasteiger partial charge is 0.274 e. The first kappa shape index (κ1) is 14.0. The second-order valence-electron chi connectivity index (χ2n) is 4.50. The number of hydrogen-bond donors (Lipinski definition) is 2. The molecule has 5 nitrogen and oxygen atoms in total. The maximum absolute atomic E-state index is 12.0. The number of amides is 1. The van der Waals surface area contributed by atoms with Crippen LogP contribution >= 0.6 is 0 Å². The highest BCUT2D eigenvalue weighted by Gasteiger charge is 2.07. The lowest BCUT2D eigenvalue weighted by molar-refractivity contribution is 0.102. The van der Waals surface area contributed by atoms with Gasteiger partial charge in [0, 0.05) is 12.2 Å². The summed E-state index contributed by atoms with van der Waals surface area (Å²) in [5, 5.41) is 5.98. The molecule has 2 aromatic rings. The van der Waals surface area contributed by atoms with Crippen molar-refractivity contribution < 1.29 is 4.79 Å². The summed E-state index contributed by atoms with van der Waals surface area (Å²) in [7, 11) is 0. The predicted octanol–water partition coefficient (Wildman–Crippen LogP) is 2.86. The molecule has 0 fully saturated rings. The monoisotopic (exact) mass is 270 g/mol. The highest BCUT2D eigenvalue weighted by molar-refractivity contribution is 6.02. The molecular weight excluding hydrogens is 252 g/mol. The number of rotatable bonds is 5. The summed E-state index contributed by atoms with van der Waals surface area (Å²) >= 11 is 0. The van der Waals surface area contributed by atoms with Crippen LogP contribution in [0.3, 0.4) is 0 Å². The van der Waals surface area contributed by atoms with E-state index in [0.717, 1.165) is 24.3 Å². The summed E-state index contributed by atoms with van der Waals surface area (Å²) in [6.45, 7) is 4.88. The van der Waals surface area contributed by atoms with Crippen LogP contribution in [0, 0.1) is 6.92 Å². The molecule has 0 atom stereocenters. The van der Waals surface area contributed by atoms with Crippen molar-refractivity contribution in [1.29, 1.82) is 0 Å². The van der Waals surface area contributed by atoms with Gasteiger partial charge in [-0.15, -0.1) is 0 Å². The molecule has 0 aliphatic carbocycles. The lowest BCUT2D eigenvalue weighted by Gasteiger charge is -2.06. The van der Waals surface area contributed by atoms with Gasteiger partial charge in [0.25, 0.3) is 5.91 Å². The highest BCUT2D eigenvalue weighted by atomic mass is 16.1. The number of aryl methyl sites for hydroxylation is 1. The predicted molar refractivity (Wildman–Crippen MR) is 79.9 cm³/mol. The summed E-state index contributed by atoms with van der Waals surface area (Å²) in [5.74, 6) is -0.238. The van der Waals surface area contributed by atoms with Crippen LogP contribution in [0.15, 0.2) is 36.7 Å². The van der Waals surface area contributed by atoms with E-state index in [9.17, 15) is 4.79 Å². The summed E-state index contributed by atoms with van der Waals surface area (Å²) < 4.78 is 0. The van der Waals surface area contributed by atoms with E-state index in [1.54, 1.807) is 18.5 Å². The molecule has 0 aliphatic rings. The summed E-state index contributed by atoms with van der Waals surface area (Å²) in [4.78, 5) is 20.3. The van der Waals surface area contributed by atoms with Crippen molar-refractivity contribution >= 4 is 17.3 Å². The van der Waals surface area contributed by atoms with Gasteiger partial charge in [-0.3, -0.25) is 9.78 Å². The third-order valence-corrected chi connectivity index (χ3v) is 2.74. The normalized spacial score (nSPS) is 10.1. The fourth-order valence-corrected chi connectivity index (χ4v) is 1.64. The second kappa shape index (κ2) is 6.65. The molecule has 2 N–H and O–H groups in total. The molecule has 104 valence electrons. The number of nitrogens with zero attached hydrogens (tertiary/aromatic N) is 2. The summed E-state index contributed by atoms with van der Waals surface area (Å²) in [5.41, 5.74) is 2.87. The number of hydrogen-bond acceptors (Lipinski definition) is 4. The standard InChI is InChI=1S/C15H18N4O/c1-3-8-16-12-6-7-14(18-9-12)15(20)19-13-5-4-11(2)17-10-13/h4-7,9-10,16H,3,8H2,1-2H3,(H,19,20). The van der Waals surface area contributed by atoms with E-state index in [-0.39, 0.29) is 5.91 Å². The molecule has 0 saturated heterocycles. The fourth-order valence-electron chi connectivity index (χ4n) is 1.64. The Morgan fingerprint density at radius 1 is 1.10 bits per heavy atom. The van der Waals surface area contributed by atoms with Crippen molar-refractivity contribution in [2.75, 3.05) is 17.2 Å². The van der Waals surface area contributed by atoms with E-state index < -0.39 is 0 Å². The largest absolute Gasteiger partial charge is 0.384 e. The first-order valence-corrected chi connectivity index (χ1v) is 6.63. The number of carbonyl (C=O) groups excluding carboxylic acids is 1. The van der Waals surface area contributed by atoms with Gasteiger partial charge in [-0.05, 0) is 37.6 Å². The van der Waals surface area contributed by atoms with E-state index in [0.29, 0.717) is 11.4 Å². The van der Waals surface area contributed by atoms with Gasteiger partial charge in [0.15, 0.2) is 0 Å². The van der Waals surface area contributed by atoms with Crippen molar-refractivity contribution in [2.45, 2.75) is 20.3 Å². The Bertz CT molecular complexity index is 563. The van der Waals surface area contributed by atoms with Gasteiger partial charge in [-0.25, -0.2) is 4.98 Å². The van der Waals surface area contributed by atoms with Gasteiger partial charge >= 0.3 is 0 Å². The van der Waals surface area contributed by atoms with Crippen LogP contribution in [0.25, 0.3) is 0 Å². The average molecular weight is 270 g/mol. The SMILES string of the molecule is CCCNc1ccc(C(=O)Nc2ccc(C)nc2)nc1. The third-order valence-electron chi connectivity index (χ3n) is 2.74. The molecule has 0 unspecified atom stereocenters. The molecule has 0 saturated carbocycles. The molecule has 5 heteroatoms. The number of aromatic nitrogens is 2. The Balaban J connectivity index is 2.00. The van der Waals surface area contributed by atoms with Crippen LogP contribution in [0.4, 0.5) is 11.4 Å². The lowest BCUT2D eigenvalue weighted by Crippen LogP contribution is -2.14. The molecule has 2 heterocycles. The number of anilines is 2. The maximum Gasteiger partial charge on any atom is 0.274 e. The number of nitrogens with one attached hydrogen (secondary N) is 2. The van der Waals surface area contributed by atoms with Gasteiger partial charge in [0.05, 0.1) is 23.8 Å². The molecule has 0 aromatic carbocycles. The first-order chi connectivity index (χ1) is 9.69. The molecular formula is C15H18N4O. The topological polar surface area (TPSA) is 66.9 Å². The van der Waals surface area contributed by atoms with Crippen LogP contribution in [0.1, 0.15) is 29.5 Å². The minimum absolute atomic E-state index is 0.238. The minimum atomic E-state index is -0.238. The van der Waals surface area contributed by atoms with Crippen molar-refractivity contribution in [3.63, 3.8) is 0 Å². The van der Waals surface area contributed by atoms with Gasteiger partial charge in [0.2, 0.25) is 0 Å². The Labute approximate surface area is 118 Å². The zero-order valence-corrected chi connectivity index (χ0v) is 11.7. The van der Waals surface area contributed by atoms with Crippen molar-refractivity contribution in [3.8, 4) is 0 Å². The number of carbonyl (C=O) groups is 1. The van der Waals surface area contributed by atoms with Gasteiger partial charge in [-0.2, -0.15) is 0 Å². The molecule has 20 heavy (non-hydrogen) atoms. The highest BCUT2D eigenvalue weighted by Crippen LogP contribution is 2.10.